The number of ether oxygens (including phenoxy) is 1. The third-order valence-electron chi connectivity index (χ3n) is 1.64. The molecule has 1 nitrogen and oxygen atoms in total. The average Bonchev–Trinajstić information content (AvgIpc) is 1.86. The third kappa shape index (κ3) is 0.801. The molecular formula is C5H6F4O. The highest BCUT2D eigenvalue weighted by Gasteiger charge is 2.67. The van der Waals surface area contributed by atoms with Gasteiger partial charge in [0.1, 0.15) is 12.6 Å². The molecule has 0 N–H and O–H groups in total. The van der Waals surface area contributed by atoms with Crippen LogP contribution in [0.2, 0.25) is 0 Å². The monoisotopic (exact) mass is 158 g/mol. The zero-order chi connectivity index (χ0) is 7.99. The predicted molar refractivity (Wildman–Crippen MR) is 25.0 cm³/mol. The van der Waals surface area contributed by atoms with Crippen LogP contribution in [-0.2, 0) is 4.74 Å². The van der Waals surface area contributed by atoms with Crippen LogP contribution in [0.1, 0.15) is 6.92 Å². The lowest BCUT2D eigenvalue weighted by Crippen LogP contribution is -2.61. The molecule has 0 aromatic rings. The van der Waals surface area contributed by atoms with Crippen molar-refractivity contribution in [3.8, 4) is 0 Å². The van der Waals surface area contributed by atoms with Crippen molar-refractivity contribution in [2.24, 2.45) is 5.92 Å². The first-order valence-corrected chi connectivity index (χ1v) is 2.75. The lowest BCUT2D eigenvalue weighted by molar-refractivity contribution is -0.473. The fourth-order valence-corrected chi connectivity index (χ4v) is 0.739. The topological polar surface area (TPSA) is 9.23 Å². The highest BCUT2D eigenvalue weighted by Crippen LogP contribution is 2.50. The first-order chi connectivity index (χ1) is 4.42. The van der Waals surface area contributed by atoms with E-state index in [0.29, 0.717) is 0 Å². The van der Waals surface area contributed by atoms with E-state index in [0.717, 1.165) is 6.92 Å². The van der Waals surface area contributed by atoms with Crippen LogP contribution < -0.4 is 0 Å². The number of alkyl halides is 4. The molecule has 1 heterocycles. The van der Waals surface area contributed by atoms with E-state index in [1.54, 1.807) is 0 Å². The zero-order valence-electron chi connectivity index (χ0n) is 5.20. The van der Waals surface area contributed by atoms with Gasteiger partial charge in [-0.05, 0) is 6.92 Å². The Hall–Kier alpha value is -0.320. The molecule has 1 fully saturated rings. The fraction of sp³-hybridized carbons (Fsp3) is 1.00. The maximum absolute atomic E-state index is 12.4. The largest absolute Gasteiger partial charge is 0.366 e. The minimum Gasteiger partial charge on any atom is -0.279 e. The predicted octanol–water partition coefficient (Wildman–Crippen LogP) is 1.88. The third-order valence-corrected chi connectivity index (χ3v) is 1.64. The summed E-state index contributed by atoms with van der Waals surface area (Å²) in [6.45, 7) is -0.618. The Kier molecular flexibility index (Phi) is 1.43. The van der Waals surface area contributed by atoms with Crippen molar-refractivity contribution in [2.75, 3.05) is 6.67 Å². The second-order valence-corrected chi connectivity index (χ2v) is 2.31. The van der Waals surface area contributed by atoms with Crippen LogP contribution in [0.15, 0.2) is 0 Å². The first kappa shape index (κ1) is 7.78. The van der Waals surface area contributed by atoms with Crippen molar-refractivity contribution in [3.05, 3.63) is 0 Å². The Morgan fingerprint density at radius 3 is 2.00 bits per heavy atom. The molecule has 0 aromatic carbocycles. The minimum atomic E-state index is -3.50. The van der Waals surface area contributed by atoms with E-state index in [-0.39, 0.29) is 0 Å². The van der Waals surface area contributed by atoms with Gasteiger partial charge in [0.15, 0.2) is 0 Å². The molecule has 0 radical (unpaired) electrons. The van der Waals surface area contributed by atoms with Gasteiger partial charge in [-0.2, -0.15) is 8.78 Å². The molecule has 1 saturated heterocycles. The summed E-state index contributed by atoms with van der Waals surface area (Å²) in [5.41, 5.74) is 0. The summed E-state index contributed by atoms with van der Waals surface area (Å²) in [5, 5.41) is 0. The van der Waals surface area contributed by atoms with E-state index in [1.807, 2.05) is 0 Å². The molecule has 5 heteroatoms. The van der Waals surface area contributed by atoms with Gasteiger partial charge in [-0.25, -0.2) is 8.78 Å². The number of halogens is 4. The molecule has 2 atom stereocenters. The molecule has 0 aromatic heterocycles. The van der Waals surface area contributed by atoms with E-state index < -0.39 is 24.6 Å². The lowest BCUT2D eigenvalue weighted by atomic mass is 9.96. The molecule has 60 valence electrons. The quantitative estimate of drug-likeness (QED) is 0.529. The lowest BCUT2D eigenvalue weighted by Gasteiger charge is -2.45. The van der Waals surface area contributed by atoms with Gasteiger partial charge in [-0.15, -0.1) is 0 Å². The maximum Gasteiger partial charge on any atom is 0.366 e. The molecule has 1 rings (SSSR count). The Labute approximate surface area is 55.0 Å². The Bertz CT molecular complexity index is 149. The number of hydrogen-bond donors (Lipinski definition) is 0. The molecule has 0 bridgehead atoms. The van der Waals surface area contributed by atoms with Crippen molar-refractivity contribution in [1.29, 1.82) is 0 Å². The van der Waals surface area contributed by atoms with Gasteiger partial charge in [0.05, 0.1) is 0 Å². The first-order valence-electron chi connectivity index (χ1n) is 2.75. The van der Waals surface area contributed by atoms with Gasteiger partial charge in [0.2, 0.25) is 0 Å². The van der Waals surface area contributed by atoms with Crippen LogP contribution in [0.3, 0.4) is 0 Å². The maximum atomic E-state index is 12.4. The van der Waals surface area contributed by atoms with Crippen molar-refractivity contribution in [2.45, 2.75) is 18.9 Å². The van der Waals surface area contributed by atoms with Gasteiger partial charge in [-0.3, -0.25) is 4.74 Å². The summed E-state index contributed by atoms with van der Waals surface area (Å²) in [6, 6.07) is 0. The summed E-state index contributed by atoms with van der Waals surface area (Å²) in [5.74, 6) is -4.45. The fourth-order valence-electron chi connectivity index (χ4n) is 0.739. The highest BCUT2D eigenvalue weighted by molar-refractivity contribution is 4.91. The average molecular weight is 158 g/mol. The molecule has 10 heavy (non-hydrogen) atoms. The van der Waals surface area contributed by atoms with Gasteiger partial charge >= 0.3 is 6.11 Å². The van der Waals surface area contributed by atoms with Crippen molar-refractivity contribution < 1.29 is 22.3 Å². The Balaban J connectivity index is 2.61. The summed E-state index contributed by atoms with van der Waals surface area (Å²) >= 11 is 0. The molecule has 2 unspecified atom stereocenters. The smallest absolute Gasteiger partial charge is 0.279 e. The summed E-state index contributed by atoms with van der Waals surface area (Å²) in [7, 11) is 0. The van der Waals surface area contributed by atoms with E-state index in [1.165, 1.54) is 0 Å². The van der Waals surface area contributed by atoms with E-state index in [9.17, 15) is 17.6 Å². The molecule has 1 aliphatic heterocycles. The zero-order valence-corrected chi connectivity index (χ0v) is 5.20. The van der Waals surface area contributed by atoms with Crippen molar-refractivity contribution in [1.82, 2.24) is 0 Å². The van der Waals surface area contributed by atoms with E-state index >= 15 is 0 Å². The van der Waals surface area contributed by atoms with E-state index in [2.05, 4.69) is 4.74 Å². The minimum absolute atomic E-state index is 0.906. The normalized spacial score (nSPS) is 44.7. The van der Waals surface area contributed by atoms with E-state index in [4.69, 9.17) is 0 Å². The summed E-state index contributed by atoms with van der Waals surface area (Å²) in [6.07, 6.45) is -3.50. The molecule has 1 aliphatic rings. The molecular weight excluding hydrogens is 152 g/mol. The van der Waals surface area contributed by atoms with Gasteiger partial charge in [-0.1, -0.05) is 0 Å². The molecule has 0 amide bonds. The van der Waals surface area contributed by atoms with Crippen LogP contribution in [0.25, 0.3) is 0 Å². The molecule has 0 spiro atoms. The van der Waals surface area contributed by atoms with Crippen LogP contribution in [0.5, 0.6) is 0 Å². The van der Waals surface area contributed by atoms with Crippen molar-refractivity contribution in [3.63, 3.8) is 0 Å². The SMILES string of the molecule is CC1C(F)(F)OC1(F)CF. The van der Waals surface area contributed by atoms with Crippen molar-refractivity contribution >= 4 is 0 Å². The Morgan fingerprint density at radius 1 is 1.40 bits per heavy atom. The Morgan fingerprint density at radius 2 is 1.90 bits per heavy atom. The van der Waals surface area contributed by atoms with Crippen LogP contribution in [0.4, 0.5) is 17.6 Å². The summed E-state index contributed by atoms with van der Waals surface area (Å²) in [4.78, 5) is 0. The second-order valence-electron chi connectivity index (χ2n) is 2.31. The molecule has 0 saturated carbocycles. The second kappa shape index (κ2) is 1.84. The number of hydrogen-bond acceptors (Lipinski definition) is 1. The highest BCUT2D eigenvalue weighted by atomic mass is 19.3. The number of rotatable bonds is 1. The standard InChI is InChI=1S/C5H6F4O/c1-3-4(7,2-6)10-5(3,8)9/h3H,2H2,1H3. The molecule has 0 aliphatic carbocycles. The van der Waals surface area contributed by atoms with Crippen LogP contribution in [-0.4, -0.2) is 18.6 Å². The summed E-state index contributed by atoms with van der Waals surface area (Å²) < 4.78 is 51.4. The van der Waals surface area contributed by atoms with Gasteiger partial charge < -0.3 is 0 Å². The van der Waals surface area contributed by atoms with Crippen LogP contribution in [0, 0.1) is 5.92 Å². The van der Waals surface area contributed by atoms with Crippen LogP contribution >= 0.6 is 0 Å². The van der Waals surface area contributed by atoms with Gasteiger partial charge in [0.25, 0.3) is 5.85 Å². The van der Waals surface area contributed by atoms with Gasteiger partial charge in [0, 0.05) is 0 Å².